The molecular weight excluding hydrogens is 668 g/mol. The van der Waals surface area contributed by atoms with Crippen LogP contribution in [0.2, 0.25) is 0 Å². The van der Waals surface area contributed by atoms with Gasteiger partial charge in [0.05, 0.1) is 5.56 Å². The van der Waals surface area contributed by atoms with Crippen molar-refractivity contribution in [1.29, 1.82) is 0 Å². The maximum atomic E-state index is 13.7. The smallest absolute Gasteiger partial charge is 0.349 e. The van der Waals surface area contributed by atoms with E-state index in [1.807, 2.05) is 48.5 Å². The van der Waals surface area contributed by atoms with Crippen molar-refractivity contribution in [3.05, 3.63) is 125 Å². The molecule has 1 aliphatic heterocycles. The van der Waals surface area contributed by atoms with Gasteiger partial charge in [-0.25, -0.2) is 0 Å². The number of alkyl halides is 6. The van der Waals surface area contributed by atoms with E-state index in [0.717, 1.165) is 36.2 Å². The van der Waals surface area contributed by atoms with Crippen molar-refractivity contribution in [2.24, 2.45) is 0 Å². The highest BCUT2D eigenvalue weighted by atomic mass is 19.4. The highest BCUT2D eigenvalue weighted by Gasteiger charge is 2.49. The minimum atomic E-state index is -4.54. The van der Waals surface area contributed by atoms with Gasteiger partial charge in [0.25, 0.3) is 5.91 Å². The Morgan fingerprint density at radius 2 is 1.47 bits per heavy atom. The summed E-state index contributed by atoms with van der Waals surface area (Å²) < 4.78 is 78.7. The first kappa shape index (κ1) is 37.6. The van der Waals surface area contributed by atoms with Crippen molar-refractivity contribution in [3.63, 3.8) is 0 Å². The Bertz CT molecular complexity index is 1740. The molecule has 0 aromatic heterocycles. The number of fused-ring (bicyclic) bond motifs is 3. The Balaban J connectivity index is 1.18. The first-order chi connectivity index (χ1) is 24.2. The van der Waals surface area contributed by atoms with Gasteiger partial charge in [0.15, 0.2) is 0 Å². The van der Waals surface area contributed by atoms with Gasteiger partial charge in [-0.1, -0.05) is 85.8 Å². The maximum absolute atomic E-state index is 13.7. The summed E-state index contributed by atoms with van der Waals surface area (Å²) in [5, 5.41) is 5.24. The van der Waals surface area contributed by atoms with Crippen molar-refractivity contribution in [2.45, 2.75) is 62.8 Å². The van der Waals surface area contributed by atoms with Gasteiger partial charge in [-0.15, -0.1) is 0 Å². The maximum Gasteiger partial charge on any atom is 0.416 e. The normalized spacial score (nSPS) is 16.5. The number of nitrogens with one attached hydrogen (secondary N) is 2. The fourth-order valence-electron chi connectivity index (χ4n) is 7.10. The summed E-state index contributed by atoms with van der Waals surface area (Å²) in [6.07, 6.45) is -0.953. The standard InChI is InChI=1S/C40H41F6N3O2/c1-3-4-11-31(27(2)28-16-18-29(19-17-28)40(44,45)46)36(50)48-30-20-24-49(25-21-30)23-10-9-22-38(37(51)47-26-39(41,42)43)34-14-7-5-12-32(34)33-13-6-8-15-35(33)38/h3-8,11-19,30H,2,9-10,20-26H2,1H3,(H,47,51)(H,48,50). The molecule has 0 atom stereocenters. The van der Waals surface area contributed by atoms with E-state index >= 15 is 0 Å². The predicted octanol–water partition coefficient (Wildman–Crippen LogP) is 8.62. The third-order valence-corrected chi connectivity index (χ3v) is 9.69. The van der Waals surface area contributed by atoms with E-state index in [1.165, 1.54) is 12.1 Å². The van der Waals surface area contributed by atoms with Crippen molar-refractivity contribution in [2.75, 3.05) is 26.2 Å². The first-order valence-electron chi connectivity index (χ1n) is 17.0. The van der Waals surface area contributed by atoms with Crippen LogP contribution in [0.25, 0.3) is 16.7 Å². The van der Waals surface area contributed by atoms with E-state index in [1.54, 1.807) is 25.2 Å². The predicted molar refractivity (Wildman–Crippen MR) is 187 cm³/mol. The van der Waals surface area contributed by atoms with Crippen LogP contribution in [0.4, 0.5) is 26.3 Å². The zero-order valence-corrected chi connectivity index (χ0v) is 28.3. The molecule has 2 aliphatic rings. The molecule has 11 heteroatoms. The van der Waals surface area contributed by atoms with Gasteiger partial charge in [0, 0.05) is 24.7 Å². The number of carbonyl (C=O) groups is 2. The molecule has 2 amide bonds. The highest BCUT2D eigenvalue weighted by molar-refractivity contribution is 6.09. The van der Waals surface area contributed by atoms with Gasteiger partial charge >= 0.3 is 12.4 Å². The van der Waals surface area contributed by atoms with Crippen LogP contribution in [-0.4, -0.2) is 55.1 Å². The first-order valence-corrected chi connectivity index (χ1v) is 17.0. The van der Waals surface area contributed by atoms with E-state index in [2.05, 4.69) is 22.1 Å². The Labute approximate surface area is 294 Å². The number of unbranched alkanes of at least 4 members (excludes halogenated alkanes) is 1. The molecule has 0 saturated carbocycles. The van der Waals surface area contributed by atoms with Gasteiger partial charge in [-0.05, 0) is 90.8 Å². The minimum Gasteiger partial charge on any atom is -0.349 e. The second-order valence-corrected chi connectivity index (χ2v) is 13.0. The molecule has 0 spiro atoms. The molecule has 2 N–H and O–H groups in total. The fourth-order valence-corrected chi connectivity index (χ4v) is 7.10. The number of hydrogen-bond donors (Lipinski definition) is 2. The molecule has 1 aliphatic carbocycles. The lowest BCUT2D eigenvalue weighted by Gasteiger charge is -2.33. The highest BCUT2D eigenvalue weighted by Crippen LogP contribution is 2.51. The van der Waals surface area contributed by atoms with Crippen LogP contribution in [0.15, 0.2) is 103 Å². The lowest BCUT2D eigenvalue weighted by molar-refractivity contribution is -0.141. The number of piperidine rings is 1. The third-order valence-electron chi connectivity index (χ3n) is 9.69. The van der Waals surface area contributed by atoms with Crippen molar-refractivity contribution >= 4 is 17.4 Å². The zero-order chi connectivity index (χ0) is 36.8. The Morgan fingerprint density at radius 1 is 0.882 bits per heavy atom. The second-order valence-electron chi connectivity index (χ2n) is 13.0. The molecule has 1 heterocycles. The van der Waals surface area contributed by atoms with Crippen molar-refractivity contribution in [3.8, 4) is 11.1 Å². The number of carbonyl (C=O) groups excluding carboxylic acids is 2. The number of benzene rings is 3. The molecule has 3 aromatic rings. The summed E-state index contributed by atoms with van der Waals surface area (Å²) in [5.41, 5.74) is 2.10. The van der Waals surface area contributed by atoms with Gasteiger partial charge in [0.1, 0.15) is 12.0 Å². The topological polar surface area (TPSA) is 61.4 Å². The molecule has 3 aromatic carbocycles. The van der Waals surface area contributed by atoms with Crippen LogP contribution in [0.1, 0.15) is 61.3 Å². The van der Waals surface area contributed by atoms with Gasteiger partial charge in [0.2, 0.25) is 5.91 Å². The van der Waals surface area contributed by atoms with Crippen LogP contribution in [0, 0.1) is 0 Å². The van der Waals surface area contributed by atoms with E-state index in [-0.39, 0.29) is 17.5 Å². The van der Waals surface area contributed by atoms with Crippen LogP contribution >= 0.6 is 0 Å². The summed E-state index contributed by atoms with van der Waals surface area (Å²) in [6, 6.07) is 19.2. The molecule has 51 heavy (non-hydrogen) atoms. The average molecular weight is 710 g/mol. The van der Waals surface area contributed by atoms with Crippen LogP contribution in [0.5, 0.6) is 0 Å². The molecule has 270 valence electrons. The number of halogens is 6. The van der Waals surface area contributed by atoms with Crippen molar-refractivity contribution in [1.82, 2.24) is 15.5 Å². The van der Waals surface area contributed by atoms with Crippen LogP contribution < -0.4 is 10.6 Å². The Morgan fingerprint density at radius 3 is 2.02 bits per heavy atom. The zero-order valence-electron chi connectivity index (χ0n) is 28.3. The second kappa shape index (κ2) is 15.7. The molecule has 5 nitrogen and oxygen atoms in total. The van der Waals surface area contributed by atoms with Crippen molar-refractivity contribution < 1.29 is 35.9 Å². The summed E-state index contributed by atoms with van der Waals surface area (Å²) in [6.45, 7) is 6.53. The molecule has 0 radical (unpaired) electrons. The average Bonchev–Trinajstić information content (AvgIpc) is 3.39. The van der Waals surface area contributed by atoms with E-state index in [0.29, 0.717) is 61.0 Å². The Hall–Kier alpha value is -4.64. The van der Waals surface area contributed by atoms with Gasteiger partial charge in [-0.2, -0.15) is 26.3 Å². The lowest BCUT2D eigenvalue weighted by Crippen LogP contribution is -2.47. The number of amides is 2. The van der Waals surface area contributed by atoms with E-state index < -0.39 is 35.8 Å². The molecule has 0 unspecified atom stereocenters. The number of nitrogens with zero attached hydrogens (tertiary/aromatic N) is 1. The number of allylic oxidation sites excluding steroid dienone is 3. The minimum absolute atomic E-state index is 0.116. The van der Waals surface area contributed by atoms with E-state index in [9.17, 15) is 35.9 Å². The Kier molecular flexibility index (Phi) is 11.6. The molecule has 1 fully saturated rings. The summed E-state index contributed by atoms with van der Waals surface area (Å²) in [7, 11) is 0. The molecule has 5 rings (SSSR count). The summed E-state index contributed by atoms with van der Waals surface area (Å²) in [5.74, 6) is -1.01. The molecule has 0 bridgehead atoms. The number of hydrogen-bond acceptors (Lipinski definition) is 3. The summed E-state index contributed by atoms with van der Waals surface area (Å²) >= 11 is 0. The monoisotopic (exact) mass is 709 g/mol. The van der Waals surface area contributed by atoms with Gasteiger partial charge < -0.3 is 15.5 Å². The molecule has 1 saturated heterocycles. The lowest BCUT2D eigenvalue weighted by atomic mass is 9.73. The van der Waals surface area contributed by atoms with Crippen LogP contribution in [-0.2, 0) is 21.2 Å². The molecular formula is C40H41F6N3O2. The largest absolute Gasteiger partial charge is 0.416 e. The fraction of sp³-hybridized carbons (Fsp3) is 0.350. The SMILES string of the molecule is C=C(C(=CC=CC)C(=O)NC1CCN(CCCCC2(C(=O)NCC(F)(F)F)c3ccccc3-c3ccccc32)CC1)c1ccc(C(F)(F)F)cc1. The number of likely N-dealkylation sites (tertiary alicyclic amines) is 1. The van der Waals surface area contributed by atoms with Gasteiger partial charge in [-0.3, -0.25) is 9.59 Å². The summed E-state index contributed by atoms with van der Waals surface area (Å²) in [4.78, 5) is 29.4. The van der Waals surface area contributed by atoms with Crippen LogP contribution in [0.3, 0.4) is 0 Å². The number of rotatable bonds is 12. The van der Waals surface area contributed by atoms with E-state index in [4.69, 9.17) is 0 Å². The third kappa shape index (κ3) is 8.64. The quantitative estimate of drug-likeness (QED) is 0.0858.